The smallest absolute Gasteiger partial charge is 0.356 e. The maximum absolute atomic E-state index is 12.4. The number of hydrogen-bond acceptors (Lipinski definition) is 1. The molecule has 1 N–H and O–H groups in total. The van der Waals surface area contributed by atoms with Gasteiger partial charge in [0, 0.05) is 12.5 Å². The van der Waals surface area contributed by atoms with E-state index in [2.05, 4.69) is 5.32 Å². The van der Waals surface area contributed by atoms with Gasteiger partial charge < -0.3 is 5.32 Å². The third-order valence-electron chi connectivity index (χ3n) is 3.14. The van der Waals surface area contributed by atoms with E-state index in [0.717, 1.165) is 24.1 Å². The molecule has 0 radical (unpaired) electrons. The number of hydrogen-bond donors (Lipinski definition) is 1. The molecule has 1 aromatic carbocycles. The highest BCUT2D eigenvalue weighted by molar-refractivity contribution is 5.82. The van der Waals surface area contributed by atoms with Gasteiger partial charge in [0.15, 0.2) is 0 Å². The van der Waals surface area contributed by atoms with E-state index >= 15 is 0 Å². The molecule has 2 atom stereocenters. The highest BCUT2D eigenvalue weighted by Crippen LogP contribution is 2.47. The van der Waals surface area contributed by atoms with Crippen molar-refractivity contribution in [3.8, 4) is 0 Å². The first-order valence-corrected chi connectivity index (χ1v) is 5.88. The van der Waals surface area contributed by atoms with Crippen LogP contribution in [0.25, 0.3) is 0 Å². The summed E-state index contributed by atoms with van der Waals surface area (Å²) < 4.78 is 37.1. The maximum atomic E-state index is 12.4. The lowest BCUT2D eigenvalue weighted by Gasteiger charge is -2.07. The number of carbonyl (C=O) groups is 1. The first-order chi connectivity index (χ1) is 8.43. The van der Waals surface area contributed by atoms with Crippen LogP contribution in [0.4, 0.5) is 13.2 Å². The number of rotatable bonds is 3. The lowest BCUT2D eigenvalue weighted by Crippen LogP contribution is -2.24. The van der Waals surface area contributed by atoms with Crippen molar-refractivity contribution in [1.82, 2.24) is 5.32 Å². The van der Waals surface area contributed by atoms with Gasteiger partial charge in [-0.05, 0) is 37.0 Å². The zero-order valence-corrected chi connectivity index (χ0v) is 9.92. The minimum absolute atomic E-state index is 0.0117. The summed E-state index contributed by atoms with van der Waals surface area (Å²) in [6, 6.07) is 5.07. The minimum atomic E-state index is -4.30. The molecule has 5 heteroatoms. The predicted molar refractivity (Wildman–Crippen MR) is 61.0 cm³/mol. The van der Waals surface area contributed by atoms with E-state index in [-0.39, 0.29) is 17.7 Å². The average Bonchev–Trinajstić information content (AvgIpc) is 3.08. The number of halogens is 3. The summed E-state index contributed by atoms with van der Waals surface area (Å²) in [5.41, 5.74) is 0.153. The van der Waals surface area contributed by atoms with Crippen LogP contribution in [0.3, 0.4) is 0 Å². The monoisotopic (exact) mass is 257 g/mol. The lowest BCUT2D eigenvalue weighted by atomic mass is 10.1. The van der Waals surface area contributed by atoms with Gasteiger partial charge in [0.05, 0.1) is 5.56 Å². The van der Waals surface area contributed by atoms with Crippen LogP contribution in [0, 0.1) is 5.92 Å². The Bertz CT molecular complexity index is 439. The van der Waals surface area contributed by atoms with Crippen molar-refractivity contribution in [2.75, 3.05) is 6.54 Å². The second kappa shape index (κ2) is 4.63. The maximum Gasteiger partial charge on any atom is 0.416 e. The fraction of sp³-hybridized carbons (Fsp3) is 0.462. The Balaban J connectivity index is 2.03. The van der Waals surface area contributed by atoms with Gasteiger partial charge in [-0.15, -0.1) is 0 Å². The molecular formula is C13H14F3NO. The van der Waals surface area contributed by atoms with E-state index in [9.17, 15) is 18.0 Å². The molecule has 2 nitrogen and oxygen atoms in total. The van der Waals surface area contributed by atoms with Crippen molar-refractivity contribution in [3.63, 3.8) is 0 Å². The highest BCUT2D eigenvalue weighted by atomic mass is 19.4. The Hall–Kier alpha value is -1.52. The van der Waals surface area contributed by atoms with Crippen molar-refractivity contribution in [2.24, 2.45) is 5.92 Å². The Labute approximate surface area is 103 Å². The second-order valence-electron chi connectivity index (χ2n) is 4.46. The van der Waals surface area contributed by atoms with Gasteiger partial charge in [0.25, 0.3) is 0 Å². The molecule has 1 fully saturated rings. The molecule has 1 aliphatic rings. The Morgan fingerprint density at radius 3 is 2.44 bits per heavy atom. The van der Waals surface area contributed by atoms with E-state index in [0.29, 0.717) is 6.54 Å². The van der Waals surface area contributed by atoms with Gasteiger partial charge >= 0.3 is 6.18 Å². The molecule has 0 bridgehead atoms. The van der Waals surface area contributed by atoms with Crippen molar-refractivity contribution in [1.29, 1.82) is 0 Å². The summed E-state index contributed by atoms with van der Waals surface area (Å²) >= 11 is 0. The van der Waals surface area contributed by atoms with Crippen LogP contribution in [-0.2, 0) is 11.0 Å². The van der Waals surface area contributed by atoms with Crippen LogP contribution in [0.1, 0.15) is 30.4 Å². The number of alkyl halides is 3. The second-order valence-corrected chi connectivity index (χ2v) is 4.46. The van der Waals surface area contributed by atoms with Crippen LogP contribution in [0.5, 0.6) is 0 Å². The van der Waals surface area contributed by atoms with Gasteiger partial charge in [-0.1, -0.05) is 12.1 Å². The molecule has 0 aromatic heterocycles. The SMILES string of the molecule is CCNC(=O)C1CC1c1ccc(C(F)(F)F)cc1. The molecule has 0 aliphatic heterocycles. The Morgan fingerprint density at radius 1 is 1.33 bits per heavy atom. The quantitative estimate of drug-likeness (QED) is 0.886. The zero-order valence-electron chi connectivity index (χ0n) is 9.92. The summed E-state index contributed by atoms with van der Waals surface area (Å²) in [4.78, 5) is 11.5. The minimum Gasteiger partial charge on any atom is -0.356 e. The van der Waals surface area contributed by atoms with Crippen molar-refractivity contribution in [3.05, 3.63) is 35.4 Å². The van der Waals surface area contributed by atoms with E-state index in [1.807, 2.05) is 6.92 Å². The van der Waals surface area contributed by atoms with Crippen LogP contribution >= 0.6 is 0 Å². The Morgan fingerprint density at radius 2 is 1.94 bits per heavy atom. The average molecular weight is 257 g/mol. The topological polar surface area (TPSA) is 29.1 Å². The molecule has 0 spiro atoms. The van der Waals surface area contributed by atoms with Gasteiger partial charge in [0.2, 0.25) is 5.91 Å². The number of carbonyl (C=O) groups excluding carboxylic acids is 1. The summed E-state index contributed by atoms with van der Waals surface area (Å²) in [6.45, 7) is 2.42. The largest absolute Gasteiger partial charge is 0.416 e. The third-order valence-corrected chi connectivity index (χ3v) is 3.14. The fourth-order valence-corrected chi connectivity index (χ4v) is 2.08. The summed E-state index contributed by atoms with van der Waals surface area (Å²) in [7, 11) is 0. The molecule has 0 heterocycles. The summed E-state index contributed by atoms with van der Waals surface area (Å²) in [5, 5.41) is 2.72. The van der Waals surface area contributed by atoms with E-state index in [4.69, 9.17) is 0 Å². The summed E-state index contributed by atoms with van der Waals surface area (Å²) in [6.07, 6.45) is -3.59. The molecular weight excluding hydrogens is 243 g/mol. The fourth-order valence-electron chi connectivity index (χ4n) is 2.08. The molecule has 0 saturated heterocycles. The molecule has 1 aliphatic carbocycles. The normalized spacial score (nSPS) is 22.7. The highest BCUT2D eigenvalue weighted by Gasteiger charge is 2.43. The molecule has 1 saturated carbocycles. The van der Waals surface area contributed by atoms with Crippen LogP contribution in [0.15, 0.2) is 24.3 Å². The third kappa shape index (κ3) is 2.66. The van der Waals surface area contributed by atoms with Crippen molar-refractivity contribution < 1.29 is 18.0 Å². The number of amides is 1. The van der Waals surface area contributed by atoms with E-state index < -0.39 is 11.7 Å². The van der Waals surface area contributed by atoms with E-state index in [1.54, 1.807) is 0 Å². The first-order valence-electron chi connectivity index (χ1n) is 5.88. The standard InChI is InChI=1S/C13H14F3NO/c1-2-17-12(18)11-7-10(11)8-3-5-9(6-4-8)13(14,15)16/h3-6,10-11H,2,7H2,1H3,(H,17,18). The molecule has 2 rings (SSSR count). The Kier molecular flexibility index (Phi) is 3.32. The van der Waals surface area contributed by atoms with E-state index in [1.165, 1.54) is 12.1 Å². The van der Waals surface area contributed by atoms with Crippen molar-refractivity contribution >= 4 is 5.91 Å². The zero-order chi connectivity index (χ0) is 13.3. The molecule has 98 valence electrons. The number of benzene rings is 1. The van der Waals surface area contributed by atoms with Crippen LogP contribution < -0.4 is 5.32 Å². The number of nitrogens with one attached hydrogen (secondary N) is 1. The van der Waals surface area contributed by atoms with Gasteiger partial charge in [-0.2, -0.15) is 13.2 Å². The van der Waals surface area contributed by atoms with Crippen LogP contribution in [0.2, 0.25) is 0 Å². The molecule has 1 aromatic rings. The summed E-state index contributed by atoms with van der Waals surface area (Å²) in [5.74, 6) is -0.0251. The molecule has 18 heavy (non-hydrogen) atoms. The molecule has 2 unspecified atom stereocenters. The predicted octanol–water partition coefficient (Wildman–Crippen LogP) is 2.95. The van der Waals surface area contributed by atoms with Gasteiger partial charge in [-0.3, -0.25) is 4.79 Å². The van der Waals surface area contributed by atoms with Crippen molar-refractivity contribution in [2.45, 2.75) is 25.4 Å². The van der Waals surface area contributed by atoms with Crippen LogP contribution in [-0.4, -0.2) is 12.5 Å². The van der Waals surface area contributed by atoms with Gasteiger partial charge in [-0.25, -0.2) is 0 Å². The first kappa shape index (κ1) is 12.9. The molecule has 1 amide bonds. The lowest BCUT2D eigenvalue weighted by molar-refractivity contribution is -0.137. The van der Waals surface area contributed by atoms with Gasteiger partial charge in [0.1, 0.15) is 0 Å².